The summed E-state index contributed by atoms with van der Waals surface area (Å²) in [5.41, 5.74) is 2.56. The number of hydrogen-bond donors (Lipinski definition) is 1. The van der Waals surface area contributed by atoms with E-state index in [0.717, 1.165) is 31.8 Å². The Morgan fingerprint density at radius 1 is 1.06 bits per heavy atom. The van der Waals surface area contributed by atoms with Gasteiger partial charge in [-0.3, -0.25) is 14.5 Å². The zero-order chi connectivity index (χ0) is 22.1. The third-order valence-electron chi connectivity index (χ3n) is 6.05. The van der Waals surface area contributed by atoms with E-state index < -0.39 is 0 Å². The molecule has 3 heterocycles. The number of amides is 1. The Bertz CT molecular complexity index is 1330. The molecular formula is C24H25N5O3. The largest absolute Gasteiger partial charge is 0.497 e. The van der Waals surface area contributed by atoms with Crippen molar-refractivity contribution in [1.82, 2.24) is 24.4 Å². The van der Waals surface area contributed by atoms with Crippen molar-refractivity contribution in [3.63, 3.8) is 0 Å². The lowest BCUT2D eigenvalue weighted by atomic mass is 10.2. The van der Waals surface area contributed by atoms with Crippen LogP contribution in [0.1, 0.15) is 22.3 Å². The average Bonchev–Trinajstić information content (AvgIpc) is 3.11. The predicted octanol–water partition coefficient (Wildman–Crippen LogP) is 2.53. The number of benzene rings is 2. The molecule has 1 amide bonds. The number of aromatic nitrogens is 3. The maximum Gasteiger partial charge on any atom is 0.259 e. The van der Waals surface area contributed by atoms with E-state index in [1.165, 1.54) is 5.56 Å². The molecule has 0 spiro atoms. The smallest absolute Gasteiger partial charge is 0.259 e. The molecular weight excluding hydrogens is 406 g/mol. The van der Waals surface area contributed by atoms with E-state index in [1.807, 2.05) is 35.2 Å². The minimum absolute atomic E-state index is 0.0998. The van der Waals surface area contributed by atoms with Crippen molar-refractivity contribution >= 4 is 22.5 Å². The van der Waals surface area contributed by atoms with Crippen LogP contribution in [0.5, 0.6) is 5.75 Å². The van der Waals surface area contributed by atoms with Gasteiger partial charge < -0.3 is 14.6 Å². The van der Waals surface area contributed by atoms with Gasteiger partial charge in [0.1, 0.15) is 17.0 Å². The summed E-state index contributed by atoms with van der Waals surface area (Å²) in [5.74, 6) is 0.748. The maximum atomic E-state index is 13.3. The molecule has 0 bridgehead atoms. The van der Waals surface area contributed by atoms with Crippen molar-refractivity contribution < 1.29 is 9.53 Å². The first-order valence-corrected chi connectivity index (χ1v) is 10.8. The molecule has 8 heteroatoms. The van der Waals surface area contributed by atoms with Crippen LogP contribution in [0.2, 0.25) is 0 Å². The molecule has 1 aliphatic heterocycles. The van der Waals surface area contributed by atoms with Gasteiger partial charge in [-0.05, 0) is 36.2 Å². The fourth-order valence-corrected chi connectivity index (χ4v) is 4.32. The zero-order valence-electron chi connectivity index (χ0n) is 18.0. The normalized spacial score (nSPS) is 15.2. The van der Waals surface area contributed by atoms with Crippen LogP contribution in [-0.2, 0) is 6.54 Å². The third kappa shape index (κ3) is 3.73. The van der Waals surface area contributed by atoms with Crippen LogP contribution in [0.15, 0.2) is 59.5 Å². The summed E-state index contributed by atoms with van der Waals surface area (Å²) in [4.78, 5) is 32.9. The second-order valence-corrected chi connectivity index (χ2v) is 8.06. The summed E-state index contributed by atoms with van der Waals surface area (Å²) >= 11 is 0. The highest BCUT2D eigenvalue weighted by Crippen LogP contribution is 2.18. The second-order valence-electron chi connectivity index (χ2n) is 8.06. The molecule has 1 N–H and O–H groups in total. The van der Waals surface area contributed by atoms with E-state index in [1.54, 1.807) is 23.9 Å². The molecule has 1 aliphatic rings. The molecule has 0 radical (unpaired) electrons. The third-order valence-corrected chi connectivity index (χ3v) is 6.05. The summed E-state index contributed by atoms with van der Waals surface area (Å²) in [6.45, 7) is 3.85. The van der Waals surface area contributed by atoms with Gasteiger partial charge in [0.15, 0.2) is 0 Å². The van der Waals surface area contributed by atoms with Gasteiger partial charge in [0, 0.05) is 32.7 Å². The molecule has 1 fully saturated rings. The maximum absolute atomic E-state index is 13.3. The highest BCUT2D eigenvalue weighted by Gasteiger charge is 2.24. The van der Waals surface area contributed by atoms with E-state index in [9.17, 15) is 9.59 Å². The van der Waals surface area contributed by atoms with Crippen LogP contribution in [0.3, 0.4) is 0 Å². The van der Waals surface area contributed by atoms with Crippen molar-refractivity contribution in [2.24, 2.45) is 0 Å². The zero-order valence-corrected chi connectivity index (χ0v) is 18.0. The Hall–Kier alpha value is -3.65. The monoisotopic (exact) mass is 431 g/mol. The topological polar surface area (TPSA) is 82.9 Å². The first kappa shape index (κ1) is 20.3. The van der Waals surface area contributed by atoms with Crippen LogP contribution >= 0.6 is 0 Å². The standard InChI is InChI=1S/C24H25N5O3/c1-32-18-9-7-17(8-10-18)16-27-11-4-12-28(14-13-27)24(31)20-15-25-29-21-6-3-2-5-19(21)23(30)26-22(20)29/h2-3,5-10,15H,4,11-14,16H2,1H3,(H,26,30). The Balaban J connectivity index is 1.34. The molecule has 4 aromatic rings. The molecule has 8 nitrogen and oxygen atoms in total. The number of nitrogens with one attached hydrogen (secondary N) is 1. The molecule has 2 aromatic heterocycles. The molecule has 0 saturated carbocycles. The number of H-pyrrole nitrogens is 1. The van der Waals surface area contributed by atoms with Gasteiger partial charge in [-0.2, -0.15) is 5.10 Å². The van der Waals surface area contributed by atoms with Crippen molar-refractivity contribution in [3.8, 4) is 5.75 Å². The Morgan fingerprint density at radius 2 is 1.88 bits per heavy atom. The number of fused-ring (bicyclic) bond motifs is 3. The SMILES string of the molecule is COc1ccc(CN2CCCN(C(=O)c3cnn4c3[nH]c(=O)c3ccccc34)CC2)cc1. The Morgan fingerprint density at radius 3 is 2.69 bits per heavy atom. The number of nitrogens with zero attached hydrogens (tertiary/aromatic N) is 4. The second kappa shape index (κ2) is 8.47. The summed E-state index contributed by atoms with van der Waals surface area (Å²) < 4.78 is 6.87. The summed E-state index contributed by atoms with van der Waals surface area (Å²) in [6.07, 6.45) is 2.45. The van der Waals surface area contributed by atoms with Gasteiger partial charge in [-0.1, -0.05) is 24.3 Å². The molecule has 0 unspecified atom stereocenters. The number of carbonyl (C=O) groups is 1. The van der Waals surface area contributed by atoms with E-state index in [4.69, 9.17) is 4.74 Å². The fraction of sp³-hybridized carbons (Fsp3) is 0.292. The first-order valence-electron chi connectivity index (χ1n) is 10.8. The summed E-state index contributed by atoms with van der Waals surface area (Å²) in [6, 6.07) is 15.4. The van der Waals surface area contributed by atoms with Crippen molar-refractivity contribution in [3.05, 3.63) is 76.2 Å². The van der Waals surface area contributed by atoms with Crippen LogP contribution in [-0.4, -0.2) is 63.6 Å². The van der Waals surface area contributed by atoms with Crippen LogP contribution < -0.4 is 10.3 Å². The summed E-state index contributed by atoms with van der Waals surface area (Å²) in [5, 5.41) is 4.94. The van der Waals surface area contributed by atoms with Gasteiger partial charge in [-0.25, -0.2) is 4.52 Å². The van der Waals surface area contributed by atoms with Gasteiger partial charge in [0.05, 0.1) is 24.2 Å². The number of carbonyl (C=O) groups excluding carboxylic acids is 1. The Kier molecular flexibility index (Phi) is 5.36. The van der Waals surface area contributed by atoms with E-state index in [2.05, 4.69) is 27.1 Å². The highest BCUT2D eigenvalue weighted by atomic mass is 16.5. The number of ether oxygens (including phenoxy) is 1. The number of rotatable bonds is 4. The first-order chi connectivity index (χ1) is 15.6. The lowest BCUT2D eigenvalue weighted by molar-refractivity contribution is 0.0763. The highest BCUT2D eigenvalue weighted by molar-refractivity contribution is 6.00. The van der Waals surface area contributed by atoms with Crippen LogP contribution in [0, 0.1) is 0 Å². The van der Waals surface area contributed by atoms with Crippen LogP contribution in [0.25, 0.3) is 16.6 Å². The number of hydrogen-bond acceptors (Lipinski definition) is 5. The average molecular weight is 431 g/mol. The van der Waals surface area contributed by atoms with Gasteiger partial charge >= 0.3 is 0 Å². The minimum atomic E-state index is -0.218. The van der Waals surface area contributed by atoms with Gasteiger partial charge in [0.25, 0.3) is 11.5 Å². The van der Waals surface area contributed by atoms with Crippen molar-refractivity contribution in [2.45, 2.75) is 13.0 Å². The molecule has 1 saturated heterocycles. The minimum Gasteiger partial charge on any atom is -0.497 e. The van der Waals surface area contributed by atoms with Gasteiger partial charge in [-0.15, -0.1) is 0 Å². The quantitative estimate of drug-likeness (QED) is 0.537. The number of methoxy groups -OCH3 is 1. The fourth-order valence-electron chi connectivity index (χ4n) is 4.32. The van der Waals surface area contributed by atoms with E-state index in [0.29, 0.717) is 35.2 Å². The van der Waals surface area contributed by atoms with E-state index in [-0.39, 0.29) is 11.5 Å². The van der Waals surface area contributed by atoms with E-state index >= 15 is 0 Å². The van der Waals surface area contributed by atoms with Crippen molar-refractivity contribution in [1.29, 1.82) is 0 Å². The lowest BCUT2D eigenvalue weighted by Crippen LogP contribution is -2.35. The molecule has 0 atom stereocenters. The molecule has 164 valence electrons. The number of para-hydroxylation sites is 1. The molecule has 32 heavy (non-hydrogen) atoms. The molecule has 5 rings (SSSR count). The predicted molar refractivity (Wildman–Crippen MR) is 122 cm³/mol. The number of aromatic amines is 1. The molecule has 2 aromatic carbocycles. The Labute approximate surface area is 185 Å². The van der Waals surface area contributed by atoms with Crippen molar-refractivity contribution in [2.75, 3.05) is 33.3 Å². The summed E-state index contributed by atoms with van der Waals surface area (Å²) in [7, 11) is 1.66. The van der Waals surface area contributed by atoms with Gasteiger partial charge in [0.2, 0.25) is 0 Å². The lowest BCUT2D eigenvalue weighted by Gasteiger charge is -2.22. The van der Waals surface area contributed by atoms with Crippen LogP contribution in [0.4, 0.5) is 0 Å². The molecule has 0 aliphatic carbocycles.